The molecule has 0 radical (unpaired) electrons. The van der Waals surface area contributed by atoms with Crippen molar-refractivity contribution < 1.29 is 28.0 Å². The summed E-state index contributed by atoms with van der Waals surface area (Å²) in [5.74, 6) is -6.34. The lowest BCUT2D eigenvalue weighted by Gasteiger charge is -2.47. The average molecular weight is 587 g/mol. The molecule has 42 heavy (non-hydrogen) atoms. The number of hydrogen-bond acceptors (Lipinski definition) is 5. The van der Waals surface area contributed by atoms with E-state index < -0.39 is 29.8 Å². The highest BCUT2D eigenvalue weighted by molar-refractivity contribution is 6.05. The number of piperidine rings is 2. The van der Waals surface area contributed by atoms with E-state index in [1.54, 1.807) is 18.2 Å². The molecule has 1 aromatic carbocycles. The van der Waals surface area contributed by atoms with Gasteiger partial charge in [-0.25, -0.2) is 0 Å². The molecule has 3 heterocycles. The summed E-state index contributed by atoms with van der Waals surface area (Å²) >= 11 is 0. The van der Waals surface area contributed by atoms with Gasteiger partial charge in [-0.1, -0.05) is 70.4 Å². The van der Waals surface area contributed by atoms with Crippen LogP contribution in [0.15, 0.2) is 18.2 Å². The van der Waals surface area contributed by atoms with Crippen molar-refractivity contribution >= 4 is 23.6 Å². The number of halogens is 2. The van der Waals surface area contributed by atoms with Gasteiger partial charge in [0.05, 0.1) is 6.04 Å². The van der Waals surface area contributed by atoms with Gasteiger partial charge >= 0.3 is 5.92 Å². The van der Waals surface area contributed by atoms with Gasteiger partial charge in [-0.2, -0.15) is 8.78 Å². The van der Waals surface area contributed by atoms with Crippen LogP contribution in [-0.4, -0.2) is 52.1 Å². The van der Waals surface area contributed by atoms with Crippen molar-refractivity contribution in [1.29, 1.82) is 0 Å². The molecular weight excluding hydrogens is 542 g/mol. The second-order valence-electron chi connectivity index (χ2n) is 12.9. The van der Waals surface area contributed by atoms with Crippen molar-refractivity contribution in [2.75, 3.05) is 0 Å². The van der Waals surface area contributed by atoms with E-state index >= 15 is 8.78 Å². The topological polar surface area (TPSA) is 108 Å². The van der Waals surface area contributed by atoms with E-state index in [-0.39, 0.29) is 49.2 Å². The predicted octanol–water partition coefficient (Wildman–Crippen LogP) is 4.74. The summed E-state index contributed by atoms with van der Waals surface area (Å²) in [5.41, 5.74) is 1.36. The zero-order valence-electron chi connectivity index (χ0n) is 24.6. The maximum atomic E-state index is 15.8. The van der Waals surface area contributed by atoms with Gasteiger partial charge in [0.2, 0.25) is 11.8 Å². The highest BCUT2D eigenvalue weighted by Crippen LogP contribution is 2.40. The van der Waals surface area contributed by atoms with Gasteiger partial charge in [0, 0.05) is 30.6 Å². The van der Waals surface area contributed by atoms with Crippen LogP contribution in [0.3, 0.4) is 0 Å². The number of hydrogen-bond donors (Lipinski definition) is 3. The Morgan fingerprint density at radius 3 is 2.33 bits per heavy atom. The lowest BCUT2D eigenvalue weighted by atomic mass is 9.73. The minimum absolute atomic E-state index is 0.0967. The lowest BCUT2D eigenvalue weighted by Crippen LogP contribution is -2.65. The monoisotopic (exact) mass is 586 g/mol. The molecule has 10 heteroatoms. The second kappa shape index (κ2) is 12.8. The van der Waals surface area contributed by atoms with Gasteiger partial charge in [0.25, 0.3) is 11.8 Å². The smallest absolute Gasteiger partial charge is 0.339 e. The molecular formula is C32H44F2N4O4. The quantitative estimate of drug-likeness (QED) is 0.432. The summed E-state index contributed by atoms with van der Waals surface area (Å²) in [4.78, 5) is 51.2. The standard InChI is InChI=1S/C32H44F2N4O4/c1-21-14-17-31(15-8-6-4-2-3-5-7-9-16-31)37-27(21)32(33,34)30(42)35-19-22-10-11-24-23(18-22)20-38(29(24)41)25-12-13-26(39)36-28(25)40/h10-11,18,21,25,27,37H,2-9,12-17,19-20H2,1H3,(H,35,42)(H,36,39,40). The van der Waals surface area contributed by atoms with Gasteiger partial charge in [0.15, 0.2) is 0 Å². The van der Waals surface area contributed by atoms with E-state index in [1.807, 2.05) is 6.92 Å². The molecule has 3 fully saturated rings. The molecule has 5 rings (SSSR count). The molecule has 1 aromatic rings. The first kappa shape index (κ1) is 30.6. The van der Waals surface area contributed by atoms with E-state index in [0.29, 0.717) is 23.1 Å². The molecule has 3 unspecified atom stereocenters. The first-order valence-electron chi connectivity index (χ1n) is 15.8. The number of fused-ring (bicyclic) bond motifs is 1. The Morgan fingerprint density at radius 2 is 1.67 bits per heavy atom. The van der Waals surface area contributed by atoms with Crippen LogP contribution >= 0.6 is 0 Å². The molecule has 8 nitrogen and oxygen atoms in total. The fraction of sp³-hybridized carbons (Fsp3) is 0.688. The molecule has 2 saturated heterocycles. The maximum absolute atomic E-state index is 15.8. The number of nitrogens with one attached hydrogen (secondary N) is 3. The van der Waals surface area contributed by atoms with Gasteiger partial charge in [-0.3, -0.25) is 24.5 Å². The van der Waals surface area contributed by atoms with Gasteiger partial charge in [-0.15, -0.1) is 0 Å². The fourth-order valence-electron chi connectivity index (χ4n) is 7.35. The van der Waals surface area contributed by atoms with Gasteiger partial charge < -0.3 is 15.5 Å². The highest BCUT2D eigenvalue weighted by Gasteiger charge is 2.54. The predicted molar refractivity (Wildman–Crippen MR) is 154 cm³/mol. The third-order valence-corrected chi connectivity index (χ3v) is 9.90. The maximum Gasteiger partial charge on any atom is 0.339 e. The van der Waals surface area contributed by atoms with Crippen molar-refractivity contribution in [3.63, 3.8) is 0 Å². The van der Waals surface area contributed by atoms with Crippen LogP contribution < -0.4 is 16.0 Å². The first-order valence-corrected chi connectivity index (χ1v) is 15.8. The minimum Gasteiger partial charge on any atom is -0.347 e. The van der Waals surface area contributed by atoms with Gasteiger partial charge in [0.1, 0.15) is 6.04 Å². The lowest BCUT2D eigenvalue weighted by molar-refractivity contribution is -0.156. The summed E-state index contributed by atoms with van der Waals surface area (Å²) in [7, 11) is 0. The van der Waals surface area contributed by atoms with Crippen LogP contribution in [0.1, 0.15) is 118 Å². The number of carbonyl (C=O) groups is 4. The number of amides is 4. The summed E-state index contributed by atoms with van der Waals surface area (Å²) in [6.45, 7) is 1.90. The Morgan fingerprint density at radius 1 is 1.00 bits per heavy atom. The van der Waals surface area contributed by atoms with E-state index in [4.69, 9.17) is 0 Å². The molecule has 230 valence electrons. The first-order chi connectivity index (χ1) is 20.1. The second-order valence-corrected chi connectivity index (χ2v) is 12.9. The number of nitrogens with zero attached hydrogens (tertiary/aromatic N) is 1. The third-order valence-electron chi connectivity index (χ3n) is 9.90. The molecule has 4 amide bonds. The van der Waals surface area contributed by atoms with Crippen LogP contribution in [0.5, 0.6) is 0 Å². The number of alkyl halides is 2. The molecule has 0 bridgehead atoms. The summed E-state index contributed by atoms with van der Waals surface area (Å²) < 4.78 is 31.6. The van der Waals surface area contributed by atoms with Crippen LogP contribution in [-0.2, 0) is 27.5 Å². The Kier molecular flexibility index (Phi) is 9.30. The highest BCUT2D eigenvalue weighted by atomic mass is 19.3. The third kappa shape index (κ3) is 6.53. The summed E-state index contributed by atoms with van der Waals surface area (Å²) in [5, 5.41) is 8.08. The molecule has 0 aromatic heterocycles. The van der Waals surface area contributed by atoms with Crippen molar-refractivity contribution in [2.24, 2.45) is 5.92 Å². The van der Waals surface area contributed by atoms with E-state index in [1.165, 1.54) is 30.6 Å². The largest absolute Gasteiger partial charge is 0.347 e. The zero-order valence-corrected chi connectivity index (χ0v) is 24.6. The Bertz CT molecular complexity index is 1190. The number of carbonyl (C=O) groups excluding carboxylic acids is 4. The fourth-order valence-corrected chi connectivity index (χ4v) is 7.35. The van der Waals surface area contributed by atoms with Crippen LogP contribution in [0, 0.1) is 5.92 Å². The Labute approximate surface area is 246 Å². The molecule has 1 saturated carbocycles. The summed E-state index contributed by atoms with van der Waals surface area (Å²) in [6, 6.07) is 3.02. The normalized spacial score (nSPS) is 27.3. The van der Waals surface area contributed by atoms with Crippen LogP contribution in [0.2, 0.25) is 0 Å². The average Bonchev–Trinajstić information content (AvgIpc) is 3.26. The molecule has 4 aliphatic rings. The Hall–Kier alpha value is -2.88. The molecule has 1 spiro atoms. The molecule has 3 atom stereocenters. The number of imide groups is 1. The Balaban J connectivity index is 1.22. The van der Waals surface area contributed by atoms with E-state index in [0.717, 1.165) is 44.9 Å². The minimum atomic E-state index is -3.58. The molecule has 3 aliphatic heterocycles. The van der Waals surface area contributed by atoms with Crippen molar-refractivity contribution in [1.82, 2.24) is 20.9 Å². The molecule has 3 N–H and O–H groups in total. The van der Waals surface area contributed by atoms with Crippen LogP contribution in [0.4, 0.5) is 8.78 Å². The van der Waals surface area contributed by atoms with Crippen molar-refractivity contribution in [2.45, 2.75) is 133 Å². The van der Waals surface area contributed by atoms with E-state index in [9.17, 15) is 19.2 Å². The SMILES string of the molecule is CC1CCC2(CCCCCCCCCC2)NC1C(F)(F)C(=O)NCc1ccc2c(c1)CN(C1CCC(=O)NC1=O)C2=O. The van der Waals surface area contributed by atoms with Crippen molar-refractivity contribution in [3.8, 4) is 0 Å². The van der Waals surface area contributed by atoms with Crippen molar-refractivity contribution in [3.05, 3.63) is 34.9 Å². The van der Waals surface area contributed by atoms with E-state index in [2.05, 4.69) is 16.0 Å². The number of benzene rings is 1. The number of rotatable bonds is 5. The van der Waals surface area contributed by atoms with Gasteiger partial charge in [-0.05, 0) is 55.2 Å². The van der Waals surface area contributed by atoms with Crippen LogP contribution in [0.25, 0.3) is 0 Å². The summed E-state index contributed by atoms with van der Waals surface area (Å²) in [6.07, 6.45) is 12.9. The zero-order chi connectivity index (χ0) is 29.9. The molecule has 1 aliphatic carbocycles.